The third-order valence-corrected chi connectivity index (χ3v) is 3.73. The van der Waals surface area contributed by atoms with Gasteiger partial charge in [0.1, 0.15) is 5.82 Å². The van der Waals surface area contributed by atoms with Gasteiger partial charge in [-0.3, -0.25) is 0 Å². The van der Waals surface area contributed by atoms with Crippen molar-refractivity contribution in [2.45, 2.75) is 13.0 Å². The lowest BCUT2D eigenvalue weighted by molar-refractivity contribution is 0.575. The van der Waals surface area contributed by atoms with Gasteiger partial charge in [0.05, 0.1) is 4.47 Å². The standard InChI is InChI=1S/C10H11BrFNO2S/c1-3-16(14,15)13-7(2)8-4-5-10(12)9(11)6-8/h3-7,13H,1H2,2H3/t7-/m1/s1. The zero-order valence-electron chi connectivity index (χ0n) is 8.57. The van der Waals surface area contributed by atoms with Crippen molar-refractivity contribution in [2.24, 2.45) is 0 Å². The molecule has 1 atom stereocenters. The lowest BCUT2D eigenvalue weighted by Crippen LogP contribution is -2.24. The van der Waals surface area contributed by atoms with Gasteiger partial charge in [0.2, 0.25) is 10.0 Å². The summed E-state index contributed by atoms with van der Waals surface area (Å²) in [5, 5.41) is 0.835. The molecule has 0 aliphatic heterocycles. The molecule has 1 aromatic rings. The zero-order valence-corrected chi connectivity index (χ0v) is 11.0. The van der Waals surface area contributed by atoms with Gasteiger partial charge in [0, 0.05) is 11.4 Å². The van der Waals surface area contributed by atoms with E-state index in [-0.39, 0.29) is 5.82 Å². The van der Waals surface area contributed by atoms with Gasteiger partial charge in [0.25, 0.3) is 0 Å². The fraction of sp³-hybridized carbons (Fsp3) is 0.200. The Hall–Kier alpha value is -0.720. The van der Waals surface area contributed by atoms with Crippen LogP contribution >= 0.6 is 15.9 Å². The Bertz CT molecular complexity index is 502. The average Bonchev–Trinajstić information content (AvgIpc) is 2.21. The first-order valence-electron chi connectivity index (χ1n) is 4.45. The van der Waals surface area contributed by atoms with Gasteiger partial charge in [-0.05, 0) is 40.5 Å². The molecule has 1 aromatic carbocycles. The van der Waals surface area contributed by atoms with E-state index in [9.17, 15) is 12.8 Å². The minimum absolute atomic E-state index is 0.301. The van der Waals surface area contributed by atoms with Crippen molar-refractivity contribution in [2.75, 3.05) is 0 Å². The van der Waals surface area contributed by atoms with Crippen LogP contribution in [0.5, 0.6) is 0 Å². The molecular weight excluding hydrogens is 297 g/mol. The quantitative estimate of drug-likeness (QED) is 0.929. The third-order valence-electron chi connectivity index (χ3n) is 2.00. The number of nitrogens with one attached hydrogen (secondary N) is 1. The van der Waals surface area contributed by atoms with Crippen LogP contribution in [0.15, 0.2) is 34.7 Å². The SMILES string of the molecule is C=CS(=O)(=O)N[C@H](C)c1ccc(F)c(Br)c1. The molecule has 0 fully saturated rings. The molecule has 0 saturated heterocycles. The molecule has 1 N–H and O–H groups in total. The maximum absolute atomic E-state index is 13.0. The van der Waals surface area contributed by atoms with E-state index in [2.05, 4.69) is 27.2 Å². The Morgan fingerprint density at radius 3 is 2.69 bits per heavy atom. The number of rotatable bonds is 4. The fourth-order valence-electron chi connectivity index (χ4n) is 1.14. The van der Waals surface area contributed by atoms with Crippen LogP contribution in [0.2, 0.25) is 0 Å². The maximum Gasteiger partial charge on any atom is 0.233 e. The van der Waals surface area contributed by atoms with E-state index in [1.54, 1.807) is 6.92 Å². The monoisotopic (exact) mass is 307 g/mol. The van der Waals surface area contributed by atoms with Gasteiger partial charge in [-0.1, -0.05) is 12.6 Å². The average molecular weight is 308 g/mol. The largest absolute Gasteiger partial charge is 0.233 e. The summed E-state index contributed by atoms with van der Waals surface area (Å²) in [4.78, 5) is 0. The summed E-state index contributed by atoms with van der Waals surface area (Å²) in [6.45, 7) is 4.86. The van der Waals surface area contributed by atoms with Crippen molar-refractivity contribution in [1.29, 1.82) is 0 Å². The first-order chi connectivity index (χ1) is 7.35. The van der Waals surface area contributed by atoms with Gasteiger partial charge in [-0.2, -0.15) is 0 Å². The van der Waals surface area contributed by atoms with Gasteiger partial charge < -0.3 is 0 Å². The maximum atomic E-state index is 13.0. The molecule has 3 nitrogen and oxygen atoms in total. The molecule has 0 aromatic heterocycles. The lowest BCUT2D eigenvalue weighted by Gasteiger charge is -2.13. The molecule has 88 valence electrons. The molecule has 16 heavy (non-hydrogen) atoms. The van der Waals surface area contributed by atoms with Crippen LogP contribution in [0, 0.1) is 5.82 Å². The second kappa shape index (κ2) is 5.07. The zero-order chi connectivity index (χ0) is 12.3. The first-order valence-corrected chi connectivity index (χ1v) is 6.79. The molecule has 0 saturated carbocycles. The third kappa shape index (κ3) is 3.40. The van der Waals surface area contributed by atoms with E-state index < -0.39 is 16.1 Å². The van der Waals surface area contributed by atoms with Gasteiger partial charge in [-0.15, -0.1) is 0 Å². The van der Waals surface area contributed by atoms with Gasteiger partial charge >= 0.3 is 0 Å². The van der Waals surface area contributed by atoms with Crippen LogP contribution in [0.3, 0.4) is 0 Å². The molecule has 0 spiro atoms. The van der Waals surface area contributed by atoms with Crippen LogP contribution < -0.4 is 4.72 Å². The van der Waals surface area contributed by atoms with E-state index in [4.69, 9.17) is 0 Å². The van der Waals surface area contributed by atoms with Crippen molar-refractivity contribution in [3.63, 3.8) is 0 Å². The fourth-order valence-corrected chi connectivity index (χ4v) is 2.27. The van der Waals surface area contributed by atoms with Gasteiger partial charge in [0.15, 0.2) is 0 Å². The second-order valence-corrected chi connectivity index (χ2v) is 5.74. The smallest absolute Gasteiger partial charge is 0.208 e. The molecule has 6 heteroatoms. The minimum Gasteiger partial charge on any atom is -0.208 e. The number of benzene rings is 1. The van der Waals surface area contributed by atoms with E-state index in [1.807, 2.05) is 0 Å². The highest BCUT2D eigenvalue weighted by Crippen LogP contribution is 2.21. The summed E-state index contributed by atoms with van der Waals surface area (Å²) in [5.74, 6) is -0.387. The molecule has 0 heterocycles. The van der Waals surface area contributed by atoms with Crippen molar-refractivity contribution < 1.29 is 12.8 Å². The van der Waals surface area contributed by atoms with Crippen LogP contribution in [0.25, 0.3) is 0 Å². The predicted molar refractivity (Wildman–Crippen MR) is 64.8 cm³/mol. The highest BCUT2D eigenvalue weighted by Gasteiger charge is 2.13. The van der Waals surface area contributed by atoms with E-state index >= 15 is 0 Å². The highest BCUT2D eigenvalue weighted by molar-refractivity contribution is 9.10. The molecule has 0 radical (unpaired) electrons. The van der Waals surface area contributed by atoms with Crippen LogP contribution in [0.4, 0.5) is 4.39 Å². The first kappa shape index (κ1) is 13.3. The Balaban J connectivity index is 2.93. The summed E-state index contributed by atoms with van der Waals surface area (Å²) in [6, 6.07) is 3.89. The minimum atomic E-state index is -3.49. The van der Waals surface area contributed by atoms with Crippen molar-refractivity contribution in [3.8, 4) is 0 Å². The van der Waals surface area contributed by atoms with E-state index in [0.717, 1.165) is 5.41 Å². The molecule has 0 amide bonds. The van der Waals surface area contributed by atoms with E-state index in [0.29, 0.717) is 10.0 Å². The Labute approximate surface area is 103 Å². The molecular formula is C10H11BrFNO2S. The second-order valence-electron chi connectivity index (χ2n) is 3.22. The summed E-state index contributed by atoms with van der Waals surface area (Å²) < 4.78 is 38.1. The topological polar surface area (TPSA) is 46.2 Å². The summed E-state index contributed by atoms with van der Waals surface area (Å²) >= 11 is 3.04. The summed E-state index contributed by atoms with van der Waals surface area (Å²) in [5.41, 5.74) is 0.665. The van der Waals surface area contributed by atoms with E-state index in [1.165, 1.54) is 18.2 Å². The van der Waals surface area contributed by atoms with Crippen LogP contribution in [0.1, 0.15) is 18.5 Å². The molecule has 1 rings (SSSR count). The number of hydrogen-bond donors (Lipinski definition) is 1. The Morgan fingerprint density at radius 1 is 1.56 bits per heavy atom. The molecule has 0 bridgehead atoms. The molecule has 0 aliphatic rings. The Morgan fingerprint density at radius 2 is 2.19 bits per heavy atom. The molecule has 0 aliphatic carbocycles. The van der Waals surface area contributed by atoms with Crippen LogP contribution in [-0.4, -0.2) is 8.42 Å². The summed E-state index contributed by atoms with van der Waals surface area (Å²) in [6.07, 6.45) is 0. The van der Waals surface area contributed by atoms with Gasteiger partial charge in [-0.25, -0.2) is 17.5 Å². The predicted octanol–water partition coefficient (Wildman–Crippen LogP) is 2.71. The number of halogens is 2. The van der Waals surface area contributed by atoms with Crippen molar-refractivity contribution in [1.82, 2.24) is 4.72 Å². The summed E-state index contributed by atoms with van der Waals surface area (Å²) in [7, 11) is -3.49. The lowest BCUT2D eigenvalue weighted by atomic mass is 10.1. The number of sulfonamides is 1. The van der Waals surface area contributed by atoms with Crippen LogP contribution in [-0.2, 0) is 10.0 Å². The van der Waals surface area contributed by atoms with Crippen molar-refractivity contribution >= 4 is 26.0 Å². The Kier molecular flexibility index (Phi) is 4.23. The van der Waals surface area contributed by atoms with Crippen molar-refractivity contribution in [3.05, 3.63) is 46.0 Å². The highest BCUT2D eigenvalue weighted by atomic mass is 79.9. The molecule has 0 unspecified atom stereocenters. The normalized spacial score (nSPS) is 13.4. The number of hydrogen-bond acceptors (Lipinski definition) is 2.